The SMILES string of the molecule is COC1CCCN(C(=O)[C@@H]2CC[C@H](C(=O)O)O2)C1. The maximum Gasteiger partial charge on any atom is 0.332 e. The molecule has 1 N–H and O–H groups in total. The van der Waals surface area contributed by atoms with Crippen LogP contribution in [0.4, 0.5) is 0 Å². The number of methoxy groups -OCH3 is 1. The average molecular weight is 257 g/mol. The zero-order valence-electron chi connectivity index (χ0n) is 10.5. The van der Waals surface area contributed by atoms with Crippen molar-refractivity contribution < 1.29 is 24.2 Å². The number of carbonyl (C=O) groups is 2. The molecule has 102 valence electrons. The molecule has 1 amide bonds. The highest BCUT2D eigenvalue weighted by molar-refractivity contribution is 5.82. The zero-order chi connectivity index (χ0) is 13.1. The van der Waals surface area contributed by atoms with Crippen LogP contribution in [0.2, 0.25) is 0 Å². The van der Waals surface area contributed by atoms with Crippen LogP contribution < -0.4 is 0 Å². The first-order valence-electron chi connectivity index (χ1n) is 6.31. The molecule has 18 heavy (non-hydrogen) atoms. The Morgan fingerprint density at radius 2 is 2.00 bits per heavy atom. The Balaban J connectivity index is 1.89. The van der Waals surface area contributed by atoms with E-state index in [-0.39, 0.29) is 12.0 Å². The Kier molecular flexibility index (Phi) is 4.19. The van der Waals surface area contributed by atoms with Crippen LogP contribution in [-0.4, -0.2) is 60.4 Å². The molecule has 3 atom stereocenters. The van der Waals surface area contributed by atoms with Crippen molar-refractivity contribution in [2.45, 2.75) is 44.0 Å². The quantitative estimate of drug-likeness (QED) is 0.784. The first kappa shape index (κ1) is 13.3. The van der Waals surface area contributed by atoms with Crippen molar-refractivity contribution in [3.05, 3.63) is 0 Å². The minimum atomic E-state index is -0.987. The van der Waals surface area contributed by atoms with E-state index in [4.69, 9.17) is 14.6 Å². The first-order chi connectivity index (χ1) is 8.61. The molecule has 6 nitrogen and oxygen atoms in total. The fourth-order valence-corrected chi connectivity index (χ4v) is 2.53. The largest absolute Gasteiger partial charge is 0.479 e. The van der Waals surface area contributed by atoms with Gasteiger partial charge >= 0.3 is 5.97 Å². The third-order valence-corrected chi connectivity index (χ3v) is 3.59. The number of piperidine rings is 1. The van der Waals surface area contributed by atoms with Crippen LogP contribution in [-0.2, 0) is 19.1 Å². The Labute approximate surface area is 106 Å². The Hall–Kier alpha value is -1.14. The van der Waals surface area contributed by atoms with Gasteiger partial charge in [-0.3, -0.25) is 4.79 Å². The predicted molar refractivity (Wildman–Crippen MR) is 62.1 cm³/mol. The summed E-state index contributed by atoms with van der Waals surface area (Å²) in [6.07, 6.45) is 1.43. The number of aliphatic carboxylic acids is 1. The van der Waals surface area contributed by atoms with Gasteiger partial charge in [0.2, 0.25) is 0 Å². The van der Waals surface area contributed by atoms with Gasteiger partial charge in [0.15, 0.2) is 6.10 Å². The number of carboxylic acid groups (broad SMARTS) is 1. The second-order valence-corrected chi connectivity index (χ2v) is 4.81. The fourth-order valence-electron chi connectivity index (χ4n) is 2.53. The summed E-state index contributed by atoms with van der Waals surface area (Å²) in [6.45, 7) is 1.28. The molecule has 0 saturated carbocycles. The Morgan fingerprint density at radius 1 is 1.28 bits per heavy atom. The van der Waals surface area contributed by atoms with Crippen LogP contribution in [0, 0.1) is 0 Å². The van der Waals surface area contributed by atoms with Gasteiger partial charge in [0.05, 0.1) is 6.10 Å². The van der Waals surface area contributed by atoms with Crippen molar-refractivity contribution in [1.29, 1.82) is 0 Å². The molecule has 6 heteroatoms. The van der Waals surface area contributed by atoms with Crippen molar-refractivity contribution >= 4 is 11.9 Å². The van der Waals surface area contributed by atoms with E-state index in [2.05, 4.69) is 0 Å². The van der Waals surface area contributed by atoms with Gasteiger partial charge in [-0.05, 0) is 25.7 Å². The minimum absolute atomic E-state index is 0.0828. The van der Waals surface area contributed by atoms with Gasteiger partial charge in [-0.15, -0.1) is 0 Å². The lowest BCUT2D eigenvalue weighted by Gasteiger charge is -2.33. The van der Waals surface area contributed by atoms with E-state index in [1.807, 2.05) is 0 Å². The third-order valence-electron chi connectivity index (χ3n) is 3.59. The van der Waals surface area contributed by atoms with Gasteiger partial charge < -0.3 is 19.5 Å². The van der Waals surface area contributed by atoms with Crippen molar-refractivity contribution in [1.82, 2.24) is 4.90 Å². The first-order valence-corrected chi connectivity index (χ1v) is 6.31. The number of rotatable bonds is 3. The van der Waals surface area contributed by atoms with E-state index in [1.165, 1.54) is 0 Å². The van der Waals surface area contributed by atoms with E-state index in [1.54, 1.807) is 12.0 Å². The molecule has 2 aliphatic heterocycles. The van der Waals surface area contributed by atoms with Crippen molar-refractivity contribution in [2.24, 2.45) is 0 Å². The third kappa shape index (κ3) is 2.81. The number of ether oxygens (including phenoxy) is 2. The molecule has 0 bridgehead atoms. The van der Waals surface area contributed by atoms with Gasteiger partial charge in [0, 0.05) is 20.2 Å². The van der Waals surface area contributed by atoms with E-state index < -0.39 is 18.2 Å². The van der Waals surface area contributed by atoms with E-state index >= 15 is 0 Å². The lowest BCUT2D eigenvalue weighted by Crippen LogP contribution is -2.47. The highest BCUT2D eigenvalue weighted by Gasteiger charge is 2.37. The normalized spacial score (nSPS) is 32.5. The lowest BCUT2D eigenvalue weighted by molar-refractivity contribution is -0.156. The van der Waals surface area contributed by atoms with Crippen LogP contribution in [0.25, 0.3) is 0 Å². The molecule has 2 saturated heterocycles. The molecule has 0 aliphatic carbocycles. The zero-order valence-corrected chi connectivity index (χ0v) is 10.5. The second kappa shape index (κ2) is 5.67. The summed E-state index contributed by atoms with van der Waals surface area (Å²) in [4.78, 5) is 24.7. The molecule has 0 radical (unpaired) electrons. The predicted octanol–water partition coefficient (Wildman–Crippen LogP) is 0.256. The topological polar surface area (TPSA) is 76.1 Å². The van der Waals surface area contributed by atoms with Crippen molar-refractivity contribution in [3.63, 3.8) is 0 Å². The summed E-state index contributed by atoms with van der Waals surface area (Å²) < 4.78 is 10.5. The van der Waals surface area contributed by atoms with Gasteiger partial charge in [-0.25, -0.2) is 4.79 Å². The molecule has 1 unspecified atom stereocenters. The van der Waals surface area contributed by atoms with Crippen LogP contribution in [0.5, 0.6) is 0 Å². The summed E-state index contributed by atoms with van der Waals surface area (Å²) in [5, 5.41) is 8.83. The monoisotopic (exact) mass is 257 g/mol. The van der Waals surface area contributed by atoms with Gasteiger partial charge in [-0.1, -0.05) is 0 Å². The molecule has 2 heterocycles. The average Bonchev–Trinajstić information content (AvgIpc) is 2.87. The van der Waals surface area contributed by atoms with E-state index in [0.29, 0.717) is 25.9 Å². The lowest BCUT2D eigenvalue weighted by atomic mass is 10.1. The van der Waals surface area contributed by atoms with Crippen LogP contribution in [0.1, 0.15) is 25.7 Å². The molecule has 2 rings (SSSR count). The maximum atomic E-state index is 12.2. The Bertz CT molecular complexity index is 332. The second-order valence-electron chi connectivity index (χ2n) is 4.81. The molecular formula is C12H19NO5. The van der Waals surface area contributed by atoms with Crippen LogP contribution in [0.3, 0.4) is 0 Å². The van der Waals surface area contributed by atoms with Crippen molar-refractivity contribution in [3.8, 4) is 0 Å². The van der Waals surface area contributed by atoms with E-state index in [9.17, 15) is 9.59 Å². The molecular weight excluding hydrogens is 238 g/mol. The summed E-state index contributed by atoms with van der Waals surface area (Å²) in [5.41, 5.74) is 0. The molecule has 0 spiro atoms. The number of hydrogen-bond acceptors (Lipinski definition) is 4. The number of likely N-dealkylation sites (tertiary alicyclic amines) is 1. The number of hydrogen-bond donors (Lipinski definition) is 1. The smallest absolute Gasteiger partial charge is 0.332 e. The van der Waals surface area contributed by atoms with Gasteiger partial charge in [0.1, 0.15) is 6.10 Å². The Morgan fingerprint density at radius 3 is 2.61 bits per heavy atom. The summed E-state index contributed by atoms with van der Waals surface area (Å²) in [5.74, 6) is -1.08. The van der Waals surface area contributed by atoms with Gasteiger partial charge in [0.25, 0.3) is 5.91 Å². The van der Waals surface area contributed by atoms with E-state index in [0.717, 1.165) is 12.8 Å². The molecule has 0 aromatic rings. The number of carboxylic acids is 1. The molecule has 2 aliphatic rings. The number of nitrogens with zero attached hydrogens (tertiary/aromatic N) is 1. The molecule has 0 aromatic carbocycles. The van der Waals surface area contributed by atoms with Crippen LogP contribution in [0.15, 0.2) is 0 Å². The molecule has 0 aromatic heterocycles. The van der Waals surface area contributed by atoms with Crippen molar-refractivity contribution in [2.75, 3.05) is 20.2 Å². The summed E-state index contributed by atoms with van der Waals surface area (Å²) in [6, 6.07) is 0. The van der Waals surface area contributed by atoms with Gasteiger partial charge in [-0.2, -0.15) is 0 Å². The number of amides is 1. The van der Waals surface area contributed by atoms with Crippen LogP contribution >= 0.6 is 0 Å². The highest BCUT2D eigenvalue weighted by Crippen LogP contribution is 2.23. The fraction of sp³-hybridized carbons (Fsp3) is 0.833. The standard InChI is InChI=1S/C12H19NO5/c1-17-8-3-2-6-13(7-8)11(14)9-4-5-10(18-9)12(15)16/h8-10H,2-7H2,1H3,(H,15,16)/t8?,9-,10+/m0/s1. The minimum Gasteiger partial charge on any atom is -0.479 e. The summed E-state index contributed by atoms with van der Waals surface area (Å²) in [7, 11) is 1.64. The highest BCUT2D eigenvalue weighted by atomic mass is 16.5. The summed E-state index contributed by atoms with van der Waals surface area (Å²) >= 11 is 0. The number of carbonyl (C=O) groups excluding carboxylic acids is 1. The maximum absolute atomic E-state index is 12.2. The molecule has 2 fully saturated rings.